The lowest BCUT2D eigenvalue weighted by Gasteiger charge is -2.19. The Hall–Kier alpha value is -2.53. The number of hydrogen-bond donors (Lipinski definition) is 2. The summed E-state index contributed by atoms with van der Waals surface area (Å²) < 4.78 is 5.76. The zero-order valence-corrected chi connectivity index (χ0v) is 16.5. The minimum absolute atomic E-state index is 0.0517. The van der Waals surface area contributed by atoms with E-state index in [1.807, 2.05) is 20.8 Å². The Kier molecular flexibility index (Phi) is 7.67. The number of ether oxygens (including phenoxy) is 1. The summed E-state index contributed by atoms with van der Waals surface area (Å²) in [6.07, 6.45) is 0.597. The van der Waals surface area contributed by atoms with Gasteiger partial charge in [0.1, 0.15) is 5.75 Å². The van der Waals surface area contributed by atoms with E-state index in [1.165, 1.54) is 0 Å². The van der Waals surface area contributed by atoms with Crippen LogP contribution < -0.4 is 15.4 Å². The Morgan fingerprint density at radius 3 is 2.48 bits per heavy atom. The first kappa shape index (κ1) is 20.8. The molecular formula is C21H25ClN2O3. The van der Waals surface area contributed by atoms with E-state index in [9.17, 15) is 9.59 Å². The molecule has 6 heteroatoms. The third-order valence-electron chi connectivity index (χ3n) is 4.16. The summed E-state index contributed by atoms with van der Waals surface area (Å²) in [6.45, 7) is 5.79. The molecule has 0 aliphatic heterocycles. The first-order valence-electron chi connectivity index (χ1n) is 9.07. The second kappa shape index (κ2) is 9.97. The Morgan fingerprint density at radius 1 is 1.07 bits per heavy atom. The number of hydrogen-bond acceptors (Lipinski definition) is 3. The van der Waals surface area contributed by atoms with E-state index in [4.69, 9.17) is 16.3 Å². The van der Waals surface area contributed by atoms with Gasteiger partial charge in [-0.1, -0.05) is 43.6 Å². The van der Waals surface area contributed by atoms with E-state index in [-0.39, 0.29) is 17.9 Å². The molecule has 0 bridgehead atoms. The van der Waals surface area contributed by atoms with Gasteiger partial charge in [0.25, 0.3) is 11.8 Å². The fourth-order valence-electron chi connectivity index (χ4n) is 2.43. The van der Waals surface area contributed by atoms with Crippen molar-refractivity contribution in [2.45, 2.75) is 45.8 Å². The van der Waals surface area contributed by atoms with E-state index in [1.54, 1.807) is 48.5 Å². The lowest BCUT2D eigenvalue weighted by molar-refractivity contribution is -0.122. The van der Waals surface area contributed by atoms with Gasteiger partial charge in [-0.15, -0.1) is 0 Å². The summed E-state index contributed by atoms with van der Waals surface area (Å²) >= 11 is 5.96. The van der Waals surface area contributed by atoms with Crippen molar-refractivity contribution in [1.82, 2.24) is 5.32 Å². The maximum absolute atomic E-state index is 12.7. The fourth-order valence-corrected chi connectivity index (χ4v) is 2.61. The van der Waals surface area contributed by atoms with Crippen LogP contribution in [0.4, 0.5) is 5.69 Å². The lowest BCUT2D eigenvalue weighted by atomic mass is 10.1. The van der Waals surface area contributed by atoms with E-state index in [0.29, 0.717) is 28.4 Å². The Morgan fingerprint density at radius 2 is 1.81 bits per heavy atom. The van der Waals surface area contributed by atoms with Gasteiger partial charge in [0.2, 0.25) is 0 Å². The molecule has 2 aromatic carbocycles. The van der Waals surface area contributed by atoms with Crippen LogP contribution in [-0.2, 0) is 4.79 Å². The van der Waals surface area contributed by atoms with Crippen molar-refractivity contribution in [1.29, 1.82) is 0 Å². The highest BCUT2D eigenvalue weighted by Crippen LogP contribution is 2.21. The Balaban J connectivity index is 2.13. The fraction of sp³-hybridized carbons (Fsp3) is 0.333. The number of nitrogens with one attached hydrogen (secondary N) is 2. The van der Waals surface area contributed by atoms with Crippen molar-refractivity contribution in [3.05, 3.63) is 59.1 Å². The van der Waals surface area contributed by atoms with Crippen molar-refractivity contribution in [3.63, 3.8) is 0 Å². The highest BCUT2D eigenvalue weighted by molar-refractivity contribution is 6.30. The number of benzene rings is 2. The Labute approximate surface area is 165 Å². The van der Waals surface area contributed by atoms with Gasteiger partial charge in [-0.3, -0.25) is 9.59 Å². The molecule has 2 amide bonds. The molecule has 0 spiro atoms. The third kappa shape index (κ3) is 6.00. The van der Waals surface area contributed by atoms with Crippen LogP contribution in [0.2, 0.25) is 5.02 Å². The van der Waals surface area contributed by atoms with E-state index in [0.717, 1.165) is 6.42 Å². The second-order valence-electron chi connectivity index (χ2n) is 6.29. The number of amides is 2. The molecule has 0 heterocycles. The van der Waals surface area contributed by atoms with Crippen molar-refractivity contribution in [3.8, 4) is 5.75 Å². The molecule has 2 aromatic rings. The van der Waals surface area contributed by atoms with Crippen molar-refractivity contribution >= 4 is 29.1 Å². The molecule has 0 saturated carbocycles. The monoisotopic (exact) mass is 388 g/mol. The van der Waals surface area contributed by atoms with Crippen LogP contribution in [0.25, 0.3) is 0 Å². The minimum atomic E-state index is -0.700. The molecule has 0 aromatic heterocycles. The largest absolute Gasteiger partial charge is 0.481 e. The molecule has 0 saturated heterocycles. The van der Waals surface area contributed by atoms with Crippen LogP contribution in [0.15, 0.2) is 48.5 Å². The van der Waals surface area contributed by atoms with Gasteiger partial charge in [0.05, 0.1) is 11.3 Å². The normalized spacial score (nSPS) is 12.7. The molecule has 0 aliphatic carbocycles. The average molecular weight is 389 g/mol. The zero-order valence-electron chi connectivity index (χ0n) is 15.8. The van der Waals surface area contributed by atoms with Crippen molar-refractivity contribution < 1.29 is 14.3 Å². The summed E-state index contributed by atoms with van der Waals surface area (Å²) in [5, 5.41) is 6.26. The predicted molar refractivity (Wildman–Crippen MR) is 108 cm³/mol. The maximum Gasteiger partial charge on any atom is 0.265 e. The SMILES string of the molecule is CCC(C)NC(=O)c1ccccc1NC(=O)C(CC)Oc1cccc(Cl)c1. The maximum atomic E-state index is 12.7. The first-order chi connectivity index (χ1) is 12.9. The van der Waals surface area contributed by atoms with Crippen LogP contribution in [0, 0.1) is 0 Å². The summed E-state index contributed by atoms with van der Waals surface area (Å²) in [6, 6.07) is 13.9. The van der Waals surface area contributed by atoms with Gasteiger partial charge < -0.3 is 15.4 Å². The van der Waals surface area contributed by atoms with Crippen LogP contribution in [0.3, 0.4) is 0 Å². The molecule has 0 fully saturated rings. The van der Waals surface area contributed by atoms with E-state index >= 15 is 0 Å². The van der Waals surface area contributed by atoms with Gasteiger partial charge in [-0.05, 0) is 50.1 Å². The van der Waals surface area contributed by atoms with Gasteiger partial charge >= 0.3 is 0 Å². The molecule has 0 radical (unpaired) electrons. The average Bonchev–Trinajstić information content (AvgIpc) is 2.66. The molecule has 5 nitrogen and oxygen atoms in total. The molecule has 144 valence electrons. The number of rotatable bonds is 8. The van der Waals surface area contributed by atoms with Gasteiger partial charge in [0.15, 0.2) is 6.10 Å². The number of carbonyl (C=O) groups is 2. The van der Waals surface area contributed by atoms with Crippen LogP contribution in [0.1, 0.15) is 44.0 Å². The highest BCUT2D eigenvalue weighted by atomic mass is 35.5. The first-order valence-corrected chi connectivity index (χ1v) is 9.45. The van der Waals surface area contributed by atoms with Crippen LogP contribution in [-0.4, -0.2) is 24.0 Å². The summed E-state index contributed by atoms with van der Waals surface area (Å²) in [5.41, 5.74) is 0.875. The van der Waals surface area contributed by atoms with Gasteiger partial charge in [-0.2, -0.15) is 0 Å². The predicted octanol–water partition coefficient (Wildman–Crippen LogP) is 4.66. The minimum Gasteiger partial charge on any atom is -0.481 e. The van der Waals surface area contributed by atoms with Crippen molar-refractivity contribution in [2.75, 3.05) is 5.32 Å². The van der Waals surface area contributed by atoms with Crippen molar-refractivity contribution in [2.24, 2.45) is 0 Å². The zero-order chi connectivity index (χ0) is 19.8. The van der Waals surface area contributed by atoms with Crippen LogP contribution in [0.5, 0.6) is 5.75 Å². The number of carbonyl (C=O) groups excluding carboxylic acids is 2. The summed E-state index contributed by atoms with van der Waals surface area (Å²) in [7, 11) is 0. The molecule has 2 atom stereocenters. The molecule has 2 N–H and O–H groups in total. The molecule has 27 heavy (non-hydrogen) atoms. The topological polar surface area (TPSA) is 67.4 Å². The quantitative estimate of drug-likeness (QED) is 0.690. The summed E-state index contributed by atoms with van der Waals surface area (Å²) in [4.78, 5) is 25.2. The molecule has 2 unspecified atom stereocenters. The molecule has 0 aliphatic rings. The Bertz CT molecular complexity index is 795. The lowest BCUT2D eigenvalue weighted by Crippen LogP contribution is -2.35. The number of halogens is 1. The summed E-state index contributed by atoms with van der Waals surface area (Å²) in [5.74, 6) is -0.0161. The highest BCUT2D eigenvalue weighted by Gasteiger charge is 2.21. The smallest absolute Gasteiger partial charge is 0.265 e. The second-order valence-corrected chi connectivity index (χ2v) is 6.73. The number of para-hydroxylation sites is 1. The third-order valence-corrected chi connectivity index (χ3v) is 4.39. The number of anilines is 1. The van der Waals surface area contributed by atoms with Gasteiger partial charge in [-0.25, -0.2) is 0 Å². The van der Waals surface area contributed by atoms with E-state index in [2.05, 4.69) is 10.6 Å². The molecule has 2 rings (SSSR count). The van der Waals surface area contributed by atoms with Gasteiger partial charge in [0, 0.05) is 11.1 Å². The van der Waals surface area contributed by atoms with E-state index < -0.39 is 6.10 Å². The molecular weight excluding hydrogens is 364 g/mol. The van der Waals surface area contributed by atoms with Crippen LogP contribution >= 0.6 is 11.6 Å². The standard InChI is InChI=1S/C21H25ClN2O3/c1-4-14(3)23-20(25)17-11-6-7-12-18(17)24-21(26)19(5-2)27-16-10-8-9-15(22)13-16/h6-14,19H,4-5H2,1-3H3,(H,23,25)(H,24,26).